The summed E-state index contributed by atoms with van der Waals surface area (Å²) in [5.74, 6) is 0.698. The molecule has 0 aliphatic carbocycles. The van der Waals surface area contributed by atoms with Gasteiger partial charge in [0.1, 0.15) is 0 Å². The molecule has 1 fully saturated rings. The molecule has 0 bridgehead atoms. The van der Waals surface area contributed by atoms with E-state index < -0.39 is 31.0 Å². The lowest BCUT2D eigenvalue weighted by molar-refractivity contribution is 0.174. The third-order valence-electron chi connectivity index (χ3n) is 5.75. The van der Waals surface area contributed by atoms with Gasteiger partial charge in [-0.3, -0.25) is 0 Å². The first-order chi connectivity index (χ1) is 14.5. The zero-order valence-electron chi connectivity index (χ0n) is 17.8. The van der Waals surface area contributed by atoms with Crippen LogP contribution in [-0.4, -0.2) is 46.4 Å². The number of benzene rings is 2. The minimum Gasteiger partial charge on any atom is -0.454 e. The fourth-order valence-corrected chi connectivity index (χ4v) is 8.65. The van der Waals surface area contributed by atoms with Crippen LogP contribution >= 0.6 is 0 Å². The maximum atomic E-state index is 13.3. The van der Waals surface area contributed by atoms with Gasteiger partial charge in [0.15, 0.2) is 31.2 Å². The summed E-state index contributed by atoms with van der Waals surface area (Å²) in [6, 6.07) is 11.5. The van der Waals surface area contributed by atoms with Crippen molar-refractivity contribution in [3.05, 3.63) is 53.6 Å². The average molecular weight is 466 g/mol. The maximum absolute atomic E-state index is 13.3. The third kappa shape index (κ3) is 4.58. The zero-order valence-corrected chi connectivity index (χ0v) is 19.4. The summed E-state index contributed by atoms with van der Waals surface area (Å²) in [6.07, 6.45) is 0. The molecule has 0 spiro atoms. The summed E-state index contributed by atoms with van der Waals surface area (Å²) in [4.78, 5) is 0.150. The second-order valence-electron chi connectivity index (χ2n) is 9.11. The van der Waals surface area contributed by atoms with Gasteiger partial charge < -0.3 is 14.8 Å². The topological polar surface area (TPSA) is 98.8 Å². The Balaban J connectivity index is 1.55. The van der Waals surface area contributed by atoms with Gasteiger partial charge in [-0.05, 0) is 40.8 Å². The smallest absolute Gasteiger partial charge is 0.231 e. The van der Waals surface area contributed by atoms with Crippen LogP contribution in [0.3, 0.4) is 0 Å². The van der Waals surface area contributed by atoms with Crippen LogP contribution in [0.1, 0.15) is 31.9 Å². The van der Waals surface area contributed by atoms with Crippen LogP contribution in [-0.2, 0) is 31.6 Å². The van der Waals surface area contributed by atoms with Crippen molar-refractivity contribution in [2.75, 3.05) is 18.3 Å². The molecule has 2 atom stereocenters. The van der Waals surface area contributed by atoms with Crippen molar-refractivity contribution in [2.45, 2.75) is 48.9 Å². The SMILES string of the molecule is CC(C)(C)c1ccc(S(=O)(=O)[C@H]2CS(=O)(=O)C[C@@H]2NCc2ccc3c(c2)OCO3)cc1. The minimum absolute atomic E-state index is 0.103. The van der Waals surface area contributed by atoms with E-state index in [1.807, 2.05) is 12.1 Å². The van der Waals surface area contributed by atoms with Crippen LogP contribution in [0.2, 0.25) is 0 Å². The molecule has 1 N–H and O–H groups in total. The highest BCUT2D eigenvalue weighted by Gasteiger charge is 2.45. The standard InChI is InChI=1S/C22H27NO6S2/c1-22(2,3)16-5-7-17(8-6-16)31(26,27)21-13-30(24,25)12-18(21)23-11-15-4-9-19-20(10-15)29-14-28-19/h4-10,18,21,23H,11-14H2,1-3H3/t18-,21-/m0/s1. The van der Waals surface area contributed by atoms with Gasteiger partial charge in [-0.15, -0.1) is 0 Å². The molecule has 2 heterocycles. The van der Waals surface area contributed by atoms with E-state index in [2.05, 4.69) is 26.1 Å². The van der Waals surface area contributed by atoms with Gasteiger partial charge in [0.2, 0.25) is 6.79 Å². The van der Waals surface area contributed by atoms with E-state index in [9.17, 15) is 16.8 Å². The molecule has 2 aliphatic rings. The van der Waals surface area contributed by atoms with Crippen LogP contribution in [0.25, 0.3) is 0 Å². The van der Waals surface area contributed by atoms with Crippen LogP contribution < -0.4 is 14.8 Å². The van der Waals surface area contributed by atoms with Crippen molar-refractivity contribution in [3.8, 4) is 11.5 Å². The molecule has 0 unspecified atom stereocenters. The van der Waals surface area contributed by atoms with Crippen LogP contribution in [0.5, 0.6) is 11.5 Å². The highest BCUT2D eigenvalue weighted by molar-refractivity contribution is 7.96. The monoisotopic (exact) mass is 465 g/mol. The maximum Gasteiger partial charge on any atom is 0.231 e. The predicted molar refractivity (Wildman–Crippen MR) is 118 cm³/mol. The number of fused-ring (bicyclic) bond motifs is 1. The molecule has 0 radical (unpaired) electrons. The summed E-state index contributed by atoms with van der Waals surface area (Å²) in [5.41, 5.74) is 1.77. The fraction of sp³-hybridized carbons (Fsp3) is 0.455. The van der Waals surface area contributed by atoms with E-state index >= 15 is 0 Å². The molecule has 31 heavy (non-hydrogen) atoms. The average Bonchev–Trinajstić information content (AvgIpc) is 3.29. The molecule has 2 aromatic rings. The summed E-state index contributed by atoms with van der Waals surface area (Å²) in [5, 5.41) is 2.12. The first kappa shape index (κ1) is 22.1. The Labute approximate surface area is 183 Å². The number of hydrogen-bond acceptors (Lipinski definition) is 7. The van der Waals surface area contributed by atoms with E-state index in [1.54, 1.807) is 30.3 Å². The van der Waals surface area contributed by atoms with Gasteiger partial charge in [0, 0.05) is 12.6 Å². The Morgan fingerprint density at radius 2 is 1.68 bits per heavy atom. The molecule has 0 amide bonds. The molecular formula is C22H27NO6S2. The molecule has 1 saturated heterocycles. The summed E-state index contributed by atoms with van der Waals surface area (Å²) in [7, 11) is -7.29. The summed E-state index contributed by atoms with van der Waals surface area (Å²) >= 11 is 0. The van der Waals surface area contributed by atoms with Crippen molar-refractivity contribution in [1.82, 2.24) is 5.32 Å². The molecule has 2 aliphatic heterocycles. The number of nitrogens with one attached hydrogen (secondary N) is 1. The summed E-state index contributed by atoms with van der Waals surface area (Å²) < 4.78 is 62.0. The van der Waals surface area contributed by atoms with E-state index in [0.29, 0.717) is 18.0 Å². The van der Waals surface area contributed by atoms with Crippen molar-refractivity contribution < 1.29 is 26.3 Å². The van der Waals surface area contributed by atoms with Crippen molar-refractivity contribution >= 4 is 19.7 Å². The van der Waals surface area contributed by atoms with E-state index in [0.717, 1.165) is 11.1 Å². The molecule has 0 aromatic heterocycles. The third-order valence-corrected chi connectivity index (χ3v) is 9.92. The first-order valence-electron chi connectivity index (χ1n) is 10.1. The molecule has 0 saturated carbocycles. The van der Waals surface area contributed by atoms with Crippen molar-refractivity contribution in [2.24, 2.45) is 0 Å². The predicted octanol–water partition coefficient (Wildman–Crippen LogP) is 2.44. The highest BCUT2D eigenvalue weighted by atomic mass is 32.2. The Morgan fingerprint density at radius 1 is 1.00 bits per heavy atom. The number of hydrogen-bond donors (Lipinski definition) is 1. The van der Waals surface area contributed by atoms with Gasteiger partial charge in [-0.1, -0.05) is 39.0 Å². The van der Waals surface area contributed by atoms with Crippen LogP contribution in [0.4, 0.5) is 0 Å². The lowest BCUT2D eigenvalue weighted by Crippen LogP contribution is -2.43. The molecule has 7 nitrogen and oxygen atoms in total. The highest BCUT2D eigenvalue weighted by Crippen LogP contribution is 2.33. The van der Waals surface area contributed by atoms with E-state index in [-0.39, 0.29) is 28.6 Å². The largest absolute Gasteiger partial charge is 0.454 e. The van der Waals surface area contributed by atoms with Crippen LogP contribution in [0, 0.1) is 0 Å². The second kappa shape index (κ2) is 7.79. The molecule has 4 rings (SSSR count). The summed E-state index contributed by atoms with van der Waals surface area (Å²) in [6.45, 7) is 6.65. The Hall–Kier alpha value is -2.10. The molecule has 9 heteroatoms. The fourth-order valence-electron chi connectivity index (χ4n) is 3.93. The van der Waals surface area contributed by atoms with E-state index in [4.69, 9.17) is 9.47 Å². The molecule has 2 aromatic carbocycles. The zero-order chi connectivity index (χ0) is 22.4. The van der Waals surface area contributed by atoms with Crippen molar-refractivity contribution in [1.29, 1.82) is 0 Å². The quantitative estimate of drug-likeness (QED) is 0.724. The number of ether oxygens (including phenoxy) is 2. The second-order valence-corrected chi connectivity index (χ2v) is 13.4. The normalized spacial score (nSPS) is 22.5. The first-order valence-corrected chi connectivity index (χ1v) is 13.5. The van der Waals surface area contributed by atoms with Crippen molar-refractivity contribution in [3.63, 3.8) is 0 Å². The van der Waals surface area contributed by atoms with Crippen LogP contribution in [0.15, 0.2) is 47.4 Å². The van der Waals surface area contributed by atoms with E-state index in [1.165, 1.54) is 0 Å². The Kier molecular flexibility index (Phi) is 5.56. The number of sulfone groups is 2. The van der Waals surface area contributed by atoms with Gasteiger partial charge in [0.05, 0.1) is 21.7 Å². The lowest BCUT2D eigenvalue weighted by Gasteiger charge is -2.22. The minimum atomic E-state index is -3.82. The number of rotatable bonds is 5. The molecule has 168 valence electrons. The van der Waals surface area contributed by atoms with Gasteiger partial charge in [-0.25, -0.2) is 16.8 Å². The lowest BCUT2D eigenvalue weighted by atomic mass is 9.87. The Bertz CT molecular complexity index is 1180. The van der Waals surface area contributed by atoms with Gasteiger partial charge in [0.25, 0.3) is 0 Å². The van der Waals surface area contributed by atoms with Gasteiger partial charge in [-0.2, -0.15) is 0 Å². The van der Waals surface area contributed by atoms with Gasteiger partial charge >= 0.3 is 0 Å². The molecular weight excluding hydrogens is 438 g/mol. The Morgan fingerprint density at radius 3 is 2.35 bits per heavy atom.